The van der Waals surface area contributed by atoms with E-state index in [0.29, 0.717) is 0 Å². The number of nitriles is 2. The van der Waals surface area contributed by atoms with Gasteiger partial charge in [-0.3, -0.25) is 9.11 Å². The van der Waals surface area contributed by atoms with E-state index in [9.17, 15) is 16.8 Å². The van der Waals surface area contributed by atoms with Gasteiger partial charge in [0, 0.05) is 0 Å². The molecule has 142 valence electrons. The molecule has 0 rings (SSSR count). The first-order valence-corrected chi connectivity index (χ1v) is 7.86. The lowest BCUT2D eigenvalue weighted by Crippen LogP contribution is -2.17. The number of rotatable bonds is 5. The summed E-state index contributed by atoms with van der Waals surface area (Å²) < 4.78 is 58.9. The number of hydrogen-bond donors (Lipinski definition) is 4. The van der Waals surface area contributed by atoms with Crippen molar-refractivity contribution in [2.45, 2.75) is 38.8 Å². The predicted molar refractivity (Wildman–Crippen MR) is 79.6 cm³/mol. The zero-order valence-corrected chi connectivity index (χ0v) is 15.0. The third-order valence-electron chi connectivity index (χ3n) is 1.30. The smallest absolute Gasteiger partial charge is 0.344 e. The van der Waals surface area contributed by atoms with E-state index in [2.05, 4.69) is 18.9 Å². The lowest BCUT2D eigenvalue weighted by atomic mass is 10.1. The van der Waals surface area contributed by atoms with Gasteiger partial charge in [-0.05, 0) is 27.7 Å². The van der Waals surface area contributed by atoms with E-state index in [1.54, 1.807) is 27.7 Å². The summed E-state index contributed by atoms with van der Waals surface area (Å²) in [6.07, 6.45) is 0. The summed E-state index contributed by atoms with van der Waals surface area (Å²) in [6.45, 7) is 6.57. The first kappa shape index (κ1) is 30.2. The first-order valence-electron chi connectivity index (χ1n) is 5.13. The van der Waals surface area contributed by atoms with Crippen molar-refractivity contribution in [3.63, 3.8) is 0 Å². The molecule has 0 atom stereocenters. The summed E-state index contributed by atoms with van der Waals surface area (Å²) in [5.41, 5.74) is -1.68. The van der Waals surface area contributed by atoms with E-state index >= 15 is 0 Å². The average molecular weight is 392 g/mol. The van der Waals surface area contributed by atoms with E-state index in [-0.39, 0.29) is 12.3 Å². The molecule has 0 heterocycles. The van der Waals surface area contributed by atoms with E-state index in [4.69, 9.17) is 19.6 Å². The highest BCUT2D eigenvalue weighted by atomic mass is 32.3. The zero-order valence-electron chi connectivity index (χ0n) is 13.4. The standard InChI is InChI=1S/C8H12N4.2H3N.H2O8S2/c1-7(2,5-9)11-12-8(3,4)6-10;;;1-9(2,3)7-8-10(4,5)6/h1-4H3;2*1H3;(H,1,2,3)(H,4,5,6). The van der Waals surface area contributed by atoms with Gasteiger partial charge in [0.15, 0.2) is 11.1 Å². The minimum absolute atomic E-state index is 0. The molecule has 0 amide bonds. The van der Waals surface area contributed by atoms with E-state index in [1.165, 1.54) is 0 Å². The Kier molecular flexibility index (Phi) is 13.7. The Balaban J connectivity index is -0.000000156. The van der Waals surface area contributed by atoms with Crippen LogP contribution in [0.25, 0.3) is 0 Å². The summed E-state index contributed by atoms with van der Waals surface area (Å²) >= 11 is 0. The maximum Gasteiger partial charge on any atom is 0.425 e. The third-order valence-corrected chi connectivity index (χ3v) is 1.86. The highest BCUT2D eigenvalue weighted by Crippen LogP contribution is 2.13. The molecule has 0 aliphatic carbocycles. The molecular weight excluding hydrogens is 372 g/mol. The summed E-state index contributed by atoms with van der Waals surface area (Å²) in [4.78, 5) is 0. The zero-order chi connectivity index (χ0) is 18.2. The fourth-order valence-electron chi connectivity index (χ4n) is 0.365. The van der Waals surface area contributed by atoms with E-state index < -0.39 is 31.9 Å². The van der Waals surface area contributed by atoms with Crippen LogP contribution >= 0.6 is 0 Å². The van der Waals surface area contributed by atoms with Crippen molar-refractivity contribution in [3.8, 4) is 12.1 Å². The number of nitrogens with zero attached hydrogens (tertiary/aromatic N) is 4. The van der Waals surface area contributed by atoms with Gasteiger partial charge in [-0.25, -0.2) is 0 Å². The van der Waals surface area contributed by atoms with Crippen LogP contribution in [-0.4, -0.2) is 37.0 Å². The van der Waals surface area contributed by atoms with Gasteiger partial charge in [-0.2, -0.15) is 37.6 Å². The quantitative estimate of drug-likeness (QED) is 0.220. The summed E-state index contributed by atoms with van der Waals surface area (Å²) in [5, 5.41) is 24.7. The molecule has 16 heteroatoms. The van der Waals surface area contributed by atoms with Gasteiger partial charge >= 0.3 is 20.8 Å². The molecule has 0 saturated heterocycles. The molecule has 0 aromatic rings. The van der Waals surface area contributed by atoms with Crippen LogP contribution in [0.4, 0.5) is 0 Å². The Morgan fingerprint density at radius 3 is 1.12 bits per heavy atom. The largest absolute Gasteiger partial charge is 0.425 e. The van der Waals surface area contributed by atoms with Crippen LogP contribution in [0.1, 0.15) is 27.7 Å². The fraction of sp³-hybridized carbons (Fsp3) is 0.750. The maximum absolute atomic E-state index is 9.51. The second kappa shape index (κ2) is 10.9. The van der Waals surface area contributed by atoms with Gasteiger partial charge in [0.05, 0.1) is 12.1 Å². The van der Waals surface area contributed by atoms with Crippen molar-refractivity contribution in [2.75, 3.05) is 0 Å². The van der Waals surface area contributed by atoms with Gasteiger partial charge in [0.25, 0.3) is 0 Å². The molecule has 0 aromatic carbocycles. The van der Waals surface area contributed by atoms with E-state index in [1.807, 2.05) is 12.1 Å². The van der Waals surface area contributed by atoms with Gasteiger partial charge in [0.2, 0.25) is 0 Å². The van der Waals surface area contributed by atoms with Crippen LogP contribution < -0.4 is 12.3 Å². The minimum atomic E-state index is -5.02. The van der Waals surface area contributed by atoms with Gasteiger partial charge in [0.1, 0.15) is 0 Å². The molecule has 0 spiro atoms. The van der Waals surface area contributed by atoms with Crippen LogP contribution in [0.5, 0.6) is 0 Å². The molecule has 14 nitrogen and oxygen atoms in total. The van der Waals surface area contributed by atoms with E-state index in [0.717, 1.165) is 0 Å². The van der Waals surface area contributed by atoms with Crippen molar-refractivity contribution in [1.82, 2.24) is 12.3 Å². The van der Waals surface area contributed by atoms with Crippen molar-refractivity contribution in [1.29, 1.82) is 10.5 Å². The number of hydrogen-bond acceptors (Lipinski definition) is 12. The SMILES string of the molecule is CC(C)(C#N)N=NC(C)(C)C#N.N.N.O=S(=O)(O)OOS(=O)(=O)O. The molecule has 0 aliphatic heterocycles. The Morgan fingerprint density at radius 1 is 0.792 bits per heavy atom. The van der Waals surface area contributed by atoms with Crippen LogP contribution in [0, 0.1) is 22.7 Å². The lowest BCUT2D eigenvalue weighted by Gasteiger charge is -2.11. The second-order valence-corrected chi connectivity index (χ2v) is 6.52. The van der Waals surface area contributed by atoms with Gasteiger partial charge in [-0.15, -0.1) is 0 Å². The van der Waals surface area contributed by atoms with Crippen LogP contribution in [-0.2, 0) is 29.5 Å². The van der Waals surface area contributed by atoms with Gasteiger partial charge in [-0.1, -0.05) is 8.67 Å². The summed E-state index contributed by atoms with van der Waals surface area (Å²) in [6, 6.07) is 3.94. The molecule has 0 aliphatic rings. The fourth-order valence-corrected chi connectivity index (χ4v) is 0.927. The van der Waals surface area contributed by atoms with Crippen molar-refractivity contribution >= 4 is 20.8 Å². The average Bonchev–Trinajstić information content (AvgIpc) is 2.34. The molecule has 0 aromatic heterocycles. The highest BCUT2D eigenvalue weighted by Gasteiger charge is 2.19. The first-order chi connectivity index (χ1) is 9.54. The van der Waals surface area contributed by atoms with Crippen LogP contribution in [0.15, 0.2) is 10.2 Å². The third kappa shape index (κ3) is 22.5. The predicted octanol–water partition coefficient (Wildman–Crippen LogP) is 0.907. The minimum Gasteiger partial charge on any atom is -0.344 e. The molecule has 0 fully saturated rings. The Bertz CT molecular complexity index is 625. The normalized spacial score (nSPS) is 11.8. The molecule has 0 radical (unpaired) electrons. The molecule has 0 saturated carbocycles. The van der Waals surface area contributed by atoms with Crippen molar-refractivity contribution in [2.24, 2.45) is 10.2 Å². The lowest BCUT2D eigenvalue weighted by molar-refractivity contribution is -0.105. The molecular formula is C8H20N6O8S2. The Labute approximate surface area is 140 Å². The monoisotopic (exact) mass is 392 g/mol. The Hall–Kier alpha value is -1.76. The molecule has 24 heavy (non-hydrogen) atoms. The molecule has 0 unspecified atom stereocenters. The highest BCUT2D eigenvalue weighted by molar-refractivity contribution is 7.83. The number of azo groups is 1. The second-order valence-electron chi connectivity index (χ2n) is 4.53. The summed E-state index contributed by atoms with van der Waals surface area (Å²) in [7, 11) is -10.0. The summed E-state index contributed by atoms with van der Waals surface area (Å²) in [5.74, 6) is 0. The topological polar surface area (TPSA) is 269 Å². The maximum atomic E-state index is 9.51. The van der Waals surface area contributed by atoms with Gasteiger partial charge < -0.3 is 12.3 Å². The van der Waals surface area contributed by atoms with Crippen LogP contribution in [0.2, 0.25) is 0 Å². The molecule has 8 N–H and O–H groups in total. The van der Waals surface area contributed by atoms with Crippen molar-refractivity contribution < 1.29 is 34.6 Å². The van der Waals surface area contributed by atoms with Crippen molar-refractivity contribution in [3.05, 3.63) is 0 Å². The molecule has 0 bridgehead atoms. The van der Waals surface area contributed by atoms with Crippen LogP contribution in [0.3, 0.4) is 0 Å². The Morgan fingerprint density at radius 2 is 1.00 bits per heavy atom.